The van der Waals surface area contributed by atoms with Crippen molar-refractivity contribution in [2.24, 2.45) is 17.8 Å². The molecule has 1 heterocycles. The van der Waals surface area contributed by atoms with Crippen molar-refractivity contribution < 1.29 is 4.74 Å². The van der Waals surface area contributed by atoms with Crippen LogP contribution in [-0.4, -0.2) is 20.6 Å². The van der Waals surface area contributed by atoms with Gasteiger partial charge >= 0.3 is 0 Å². The molecule has 0 aromatic rings. The predicted octanol–water partition coefficient (Wildman–Crippen LogP) is 3.05. The molecule has 0 aromatic carbocycles. The Kier molecular flexibility index (Phi) is 4.50. The maximum Gasteiger partial charge on any atom is 0.0730 e. The summed E-state index contributed by atoms with van der Waals surface area (Å²) in [6, 6.07) is 0. The zero-order chi connectivity index (χ0) is 10.7. The number of rotatable bonds is 3. The molecule has 0 N–H and O–H groups in total. The van der Waals surface area contributed by atoms with Gasteiger partial charge in [0.25, 0.3) is 0 Å². The van der Waals surface area contributed by atoms with Crippen molar-refractivity contribution in [1.29, 1.82) is 0 Å². The minimum absolute atomic E-state index is 0.255. The molecule has 3 atom stereocenters. The zero-order valence-electron chi connectivity index (χ0n) is 9.99. The Morgan fingerprint density at radius 3 is 2.43 bits per heavy atom. The van der Waals surface area contributed by atoms with Gasteiger partial charge in [-0.3, -0.25) is 0 Å². The predicted molar refractivity (Wildman–Crippen MR) is 61.6 cm³/mol. The molecular formula is C12H23BO. The molecule has 1 rings (SSSR count). The van der Waals surface area contributed by atoms with E-state index in [1.807, 2.05) is 0 Å². The van der Waals surface area contributed by atoms with Crippen molar-refractivity contribution in [2.45, 2.75) is 52.5 Å². The lowest BCUT2D eigenvalue weighted by molar-refractivity contribution is -0.0508. The maximum atomic E-state index is 5.93. The Bertz CT molecular complexity index is 168. The standard InChI is InChI=1S/C12H23BO/c1-8(2)5-12-11(9(3)4)6-10(13)7-14-12/h8-12H,5-7H2,1-4H3. The topological polar surface area (TPSA) is 9.23 Å². The van der Waals surface area contributed by atoms with E-state index in [0.717, 1.165) is 18.9 Å². The van der Waals surface area contributed by atoms with E-state index in [9.17, 15) is 0 Å². The molecule has 2 heteroatoms. The van der Waals surface area contributed by atoms with Gasteiger partial charge in [-0.05, 0) is 24.2 Å². The summed E-state index contributed by atoms with van der Waals surface area (Å²) in [6.45, 7) is 9.82. The van der Waals surface area contributed by atoms with Gasteiger partial charge in [-0.1, -0.05) is 39.9 Å². The van der Waals surface area contributed by atoms with Gasteiger partial charge in [0.1, 0.15) is 0 Å². The van der Waals surface area contributed by atoms with Crippen LogP contribution in [-0.2, 0) is 4.74 Å². The van der Waals surface area contributed by atoms with Crippen molar-refractivity contribution in [3.8, 4) is 0 Å². The Balaban J connectivity index is 2.53. The molecule has 0 bridgehead atoms. The lowest BCUT2D eigenvalue weighted by Gasteiger charge is -2.38. The molecule has 14 heavy (non-hydrogen) atoms. The van der Waals surface area contributed by atoms with Crippen LogP contribution in [0.1, 0.15) is 40.5 Å². The van der Waals surface area contributed by atoms with Gasteiger partial charge in [0, 0.05) is 6.61 Å². The first-order valence-electron chi connectivity index (χ1n) is 5.88. The van der Waals surface area contributed by atoms with Crippen LogP contribution in [0, 0.1) is 17.8 Å². The van der Waals surface area contributed by atoms with Crippen LogP contribution in [0.4, 0.5) is 0 Å². The molecule has 0 aromatic heterocycles. The van der Waals surface area contributed by atoms with Gasteiger partial charge in [-0.15, -0.1) is 0 Å². The SMILES string of the molecule is [B]C1COC(CC(C)C)C(C(C)C)C1. The highest BCUT2D eigenvalue weighted by Crippen LogP contribution is 2.34. The lowest BCUT2D eigenvalue weighted by Crippen LogP contribution is -2.36. The average molecular weight is 194 g/mol. The summed E-state index contributed by atoms with van der Waals surface area (Å²) in [5.74, 6) is 2.31. The molecule has 1 saturated heterocycles. The molecule has 0 amide bonds. The normalized spacial score (nSPS) is 34.0. The van der Waals surface area contributed by atoms with Crippen LogP contribution in [0.5, 0.6) is 0 Å². The van der Waals surface area contributed by atoms with E-state index in [1.165, 1.54) is 6.42 Å². The van der Waals surface area contributed by atoms with Gasteiger partial charge in [0.15, 0.2) is 0 Å². The fraction of sp³-hybridized carbons (Fsp3) is 1.00. The fourth-order valence-corrected chi connectivity index (χ4v) is 2.35. The quantitative estimate of drug-likeness (QED) is 0.627. The fourth-order valence-electron chi connectivity index (χ4n) is 2.35. The Morgan fingerprint density at radius 2 is 1.93 bits per heavy atom. The molecule has 1 nitrogen and oxygen atoms in total. The highest BCUT2D eigenvalue weighted by Gasteiger charge is 2.31. The number of hydrogen-bond acceptors (Lipinski definition) is 1. The van der Waals surface area contributed by atoms with E-state index < -0.39 is 0 Å². The first kappa shape index (κ1) is 12.1. The highest BCUT2D eigenvalue weighted by atomic mass is 16.5. The van der Waals surface area contributed by atoms with Crippen LogP contribution in [0.15, 0.2) is 0 Å². The van der Waals surface area contributed by atoms with Crippen LogP contribution >= 0.6 is 0 Å². The van der Waals surface area contributed by atoms with Gasteiger partial charge < -0.3 is 4.74 Å². The second-order valence-electron chi connectivity index (χ2n) is 5.40. The Morgan fingerprint density at radius 1 is 1.29 bits per heavy atom. The molecule has 1 aliphatic heterocycles. The van der Waals surface area contributed by atoms with Gasteiger partial charge in [-0.2, -0.15) is 0 Å². The molecule has 80 valence electrons. The molecular weight excluding hydrogens is 171 g/mol. The molecule has 2 radical (unpaired) electrons. The third-order valence-corrected chi connectivity index (χ3v) is 3.14. The summed E-state index contributed by atoms with van der Waals surface area (Å²) < 4.78 is 5.85. The van der Waals surface area contributed by atoms with E-state index in [4.69, 9.17) is 12.6 Å². The molecule has 0 spiro atoms. The average Bonchev–Trinajstić information content (AvgIpc) is 2.07. The minimum atomic E-state index is 0.255. The van der Waals surface area contributed by atoms with Crippen LogP contribution < -0.4 is 0 Å². The maximum absolute atomic E-state index is 5.93. The second kappa shape index (κ2) is 5.20. The summed E-state index contributed by atoms with van der Waals surface area (Å²) in [5.41, 5.74) is 0. The summed E-state index contributed by atoms with van der Waals surface area (Å²) in [7, 11) is 5.93. The minimum Gasteiger partial charge on any atom is -0.378 e. The van der Waals surface area contributed by atoms with E-state index in [2.05, 4.69) is 27.7 Å². The van der Waals surface area contributed by atoms with Crippen LogP contribution in [0.2, 0.25) is 5.82 Å². The van der Waals surface area contributed by atoms with Crippen molar-refractivity contribution in [1.82, 2.24) is 0 Å². The van der Waals surface area contributed by atoms with Crippen LogP contribution in [0.3, 0.4) is 0 Å². The molecule has 3 unspecified atom stereocenters. The van der Waals surface area contributed by atoms with E-state index in [0.29, 0.717) is 17.9 Å². The molecule has 0 saturated carbocycles. The smallest absolute Gasteiger partial charge is 0.0730 e. The van der Waals surface area contributed by atoms with E-state index in [-0.39, 0.29) is 5.82 Å². The van der Waals surface area contributed by atoms with Gasteiger partial charge in [0.05, 0.1) is 14.0 Å². The second-order valence-corrected chi connectivity index (χ2v) is 5.40. The van der Waals surface area contributed by atoms with Crippen LogP contribution in [0.25, 0.3) is 0 Å². The summed E-state index contributed by atoms with van der Waals surface area (Å²) >= 11 is 0. The Hall–Kier alpha value is 0.0249. The zero-order valence-corrected chi connectivity index (χ0v) is 9.99. The van der Waals surface area contributed by atoms with E-state index >= 15 is 0 Å². The summed E-state index contributed by atoms with van der Waals surface area (Å²) in [5, 5.41) is 0. The largest absolute Gasteiger partial charge is 0.378 e. The van der Waals surface area contributed by atoms with Gasteiger partial charge in [0.2, 0.25) is 0 Å². The molecule has 1 aliphatic rings. The first-order valence-corrected chi connectivity index (χ1v) is 5.88. The van der Waals surface area contributed by atoms with Crippen molar-refractivity contribution in [2.75, 3.05) is 6.61 Å². The monoisotopic (exact) mass is 194 g/mol. The number of hydrogen-bond donors (Lipinski definition) is 0. The van der Waals surface area contributed by atoms with Gasteiger partial charge in [-0.25, -0.2) is 0 Å². The summed E-state index contributed by atoms with van der Waals surface area (Å²) in [6.07, 6.45) is 2.75. The molecule has 0 aliphatic carbocycles. The van der Waals surface area contributed by atoms with Crippen molar-refractivity contribution >= 4 is 7.85 Å². The third-order valence-electron chi connectivity index (χ3n) is 3.14. The lowest BCUT2D eigenvalue weighted by atomic mass is 9.72. The number of ether oxygens (including phenoxy) is 1. The van der Waals surface area contributed by atoms with Crippen molar-refractivity contribution in [3.63, 3.8) is 0 Å². The third kappa shape index (κ3) is 3.31. The highest BCUT2D eigenvalue weighted by molar-refractivity contribution is 6.11. The summed E-state index contributed by atoms with van der Waals surface area (Å²) in [4.78, 5) is 0. The Labute approximate surface area is 90.0 Å². The van der Waals surface area contributed by atoms with Crippen molar-refractivity contribution in [3.05, 3.63) is 0 Å². The molecule has 1 fully saturated rings. The first-order chi connectivity index (χ1) is 6.50. The van der Waals surface area contributed by atoms with E-state index in [1.54, 1.807) is 0 Å².